The van der Waals surface area contributed by atoms with Crippen LogP contribution in [0.3, 0.4) is 0 Å². The van der Waals surface area contributed by atoms with Crippen LogP contribution in [-0.2, 0) is 41.2 Å². The summed E-state index contributed by atoms with van der Waals surface area (Å²) >= 11 is 4.94. The number of amides is 1. The van der Waals surface area contributed by atoms with E-state index in [1.54, 1.807) is 28.1 Å². The number of aromatic nitrogens is 4. The van der Waals surface area contributed by atoms with Crippen molar-refractivity contribution in [2.75, 3.05) is 26.1 Å². The molecule has 268 valence electrons. The third-order valence-electron chi connectivity index (χ3n) is 8.50. The quantitative estimate of drug-likeness (QED) is 0.0731. The van der Waals surface area contributed by atoms with Gasteiger partial charge in [0.1, 0.15) is 17.1 Å². The summed E-state index contributed by atoms with van der Waals surface area (Å²) in [7, 11) is 0.774. The lowest BCUT2D eigenvalue weighted by Crippen LogP contribution is -2.35. The Morgan fingerprint density at radius 3 is 2.16 bits per heavy atom. The lowest BCUT2D eigenvalue weighted by atomic mass is 9.80. The molecule has 1 unspecified atom stereocenters. The smallest absolute Gasteiger partial charge is 0.372 e. The second kappa shape index (κ2) is 16.1. The highest BCUT2D eigenvalue weighted by Crippen LogP contribution is 2.44. The highest BCUT2D eigenvalue weighted by Gasteiger charge is 2.44. The molecule has 16 heteroatoms. The Morgan fingerprint density at radius 1 is 1.02 bits per heavy atom. The summed E-state index contributed by atoms with van der Waals surface area (Å²) in [6, 6.07) is 25.2. The van der Waals surface area contributed by atoms with Gasteiger partial charge in [0.05, 0.1) is 33.3 Å². The van der Waals surface area contributed by atoms with Crippen molar-refractivity contribution in [1.29, 1.82) is 0 Å². The van der Waals surface area contributed by atoms with Crippen molar-refractivity contribution in [3.8, 4) is 11.5 Å². The van der Waals surface area contributed by atoms with Crippen LogP contribution in [0.4, 0.5) is 5.95 Å². The number of rotatable bonds is 13. The number of imidazole rings is 1. The number of nitrogens with one attached hydrogen (secondary N) is 2. The largest absolute Gasteiger partial charge is 0.497 e. The number of quaternary nitrogens is 1. The van der Waals surface area contributed by atoms with Crippen molar-refractivity contribution in [3.05, 3.63) is 112 Å². The van der Waals surface area contributed by atoms with Crippen LogP contribution < -0.4 is 26.5 Å². The summed E-state index contributed by atoms with van der Waals surface area (Å²) in [5.41, 5.74) is 1.05. The van der Waals surface area contributed by atoms with Gasteiger partial charge in [-0.1, -0.05) is 73.0 Å². The van der Waals surface area contributed by atoms with Crippen LogP contribution in [0.2, 0.25) is 0 Å². The Balaban J connectivity index is 0.00000504. The first-order chi connectivity index (χ1) is 24.1. The Hall–Kier alpha value is -4.63. The van der Waals surface area contributed by atoms with Crippen molar-refractivity contribution in [1.82, 2.24) is 25.7 Å². The fraction of sp³-hybridized carbons (Fsp3) is 0.314. The number of hydrogen-bond acceptors (Lipinski definition) is 11. The predicted octanol–water partition coefficient (Wildman–Crippen LogP) is 5.99. The van der Waals surface area contributed by atoms with Gasteiger partial charge in [-0.15, -0.1) is 0 Å². The number of ether oxygens (including phenoxy) is 4. The number of hydrogen-bond donors (Lipinski definition) is 3. The van der Waals surface area contributed by atoms with E-state index in [9.17, 15) is 14.2 Å². The number of aromatic amines is 1. The Labute approximate surface area is 300 Å². The summed E-state index contributed by atoms with van der Waals surface area (Å²) in [5.74, 6) is 0.668. The monoisotopic (exact) mass is 735 g/mol. The third kappa shape index (κ3) is 7.83. The van der Waals surface area contributed by atoms with Gasteiger partial charge in [-0.2, -0.15) is 9.51 Å². The molecule has 1 fully saturated rings. The van der Waals surface area contributed by atoms with Gasteiger partial charge in [0, 0.05) is 12.3 Å². The van der Waals surface area contributed by atoms with Crippen LogP contribution in [0.1, 0.15) is 43.2 Å². The number of anilines is 1. The minimum absolute atomic E-state index is 0. The molecule has 51 heavy (non-hydrogen) atoms. The maximum absolute atomic E-state index is 12.9. The molecule has 1 aliphatic rings. The van der Waals surface area contributed by atoms with Gasteiger partial charge in [-0.05, 0) is 41.0 Å². The molecule has 14 nitrogen and oxygen atoms in total. The molecule has 5 aromatic rings. The molecule has 0 aliphatic carbocycles. The minimum atomic E-state index is -2.45. The van der Waals surface area contributed by atoms with E-state index in [4.69, 9.17) is 35.7 Å². The minimum Gasteiger partial charge on any atom is -0.497 e. The average molecular weight is 736 g/mol. The SMILES string of the molecule is COc1ccc(C(OC[C@@H]2C[C@@H](O[P+](=O)[S-])[C@H](n3cnc4c(=O)[nH]c(NC(=O)C(C)C)nc43)O2)(c2ccccc2)c2ccc(OC)cc2)cc1.[NH4+]. The normalized spacial score (nSPS) is 17.6. The van der Waals surface area contributed by atoms with Gasteiger partial charge in [0.15, 0.2) is 23.5 Å². The molecule has 4 atom stereocenters. The molecule has 1 saturated heterocycles. The first-order valence-electron chi connectivity index (χ1n) is 15.9. The molecule has 1 amide bonds. The fourth-order valence-corrected chi connectivity index (χ4v) is 6.74. The van der Waals surface area contributed by atoms with E-state index in [1.165, 1.54) is 10.9 Å². The average Bonchev–Trinajstić information content (AvgIpc) is 3.73. The van der Waals surface area contributed by atoms with Crippen molar-refractivity contribution < 1.29 is 32.8 Å². The zero-order valence-corrected chi connectivity index (χ0v) is 30.5. The lowest BCUT2D eigenvalue weighted by molar-refractivity contribution is -0.118. The molecule has 0 spiro atoms. The third-order valence-corrected chi connectivity index (χ3v) is 9.20. The summed E-state index contributed by atoms with van der Waals surface area (Å²) in [6.45, 7) is 3.50. The van der Waals surface area contributed by atoms with Gasteiger partial charge in [-0.25, -0.2) is 4.98 Å². The van der Waals surface area contributed by atoms with Crippen LogP contribution >= 0.6 is 7.23 Å². The highest BCUT2D eigenvalue weighted by molar-refractivity contribution is 8.25. The molecule has 0 radical (unpaired) electrons. The number of fused-ring (bicyclic) bond motifs is 1. The first-order valence-corrected chi connectivity index (χ1v) is 18.0. The van der Waals surface area contributed by atoms with Crippen LogP contribution in [-0.4, -0.2) is 58.5 Å². The topological polar surface area (TPSA) is 192 Å². The number of carbonyl (C=O) groups excluding carboxylic acids is 1. The van der Waals surface area contributed by atoms with Gasteiger partial charge in [-0.3, -0.25) is 24.5 Å². The maximum atomic E-state index is 12.9. The molecular formula is C35H40N6O8PS+. The van der Waals surface area contributed by atoms with Gasteiger partial charge in [0.2, 0.25) is 11.9 Å². The summed E-state index contributed by atoms with van der Waals surface area (Å²) in [6.07, 6.45) is -0.672. The first kappa shape index (κ1) is 37.6. The Morgan fingerprint density at radius 2 is 1.61 bits per heavy atom. The van der Waals surface area contributed by atoms with E-state index in [1.807, 2.05) is 78.9 Å². The number of nitrogens with zero attached hydrogens (tertiary/aromatic N) is 3. The van der Waals surface area contributed by atoms with Gasteiger partial charge >= 0.3 is 7.23 Å². The number of H-pyrrole nitrogens is 1. The molecule has 0 bridgehead atoms. The Bertz CT molecular complexity index is 1980. The van der Waals surface area contributed by atoms with Crippen LogP contribution in [0.25, 0.3) is 11.2 Å². The second-order valence-electron chi connectivity index (χ2n) is 11.9. The number of benzene rings is 3. The van der Waals surface area contributed by atoms with Crippen molar-refractivity contribution >= 4 is 42.5 Å². The summed E-state index contributed by atoms with van der Waals surface area (Å²) in [5, 5.41) is 2.61. The molecule has 6 rings (SSSR count). The van der Waals surface area contributed by atoms with E-state index in [2.05, 4.69) is 20.3 Å². The van der Waals surface area contributed by atoms with Gasteiger partial charge in [0.25, 0.3) is 5.56 Å². The Kier molecular flexibility index (Phi) is 11.9. The van der Waals surface area contributed by atoms with E-state index in [-0.39, 0.29) is 48.1 Å². The summed E-state index contributed by atoms with van der Waals surface area (Å²) < 4.78 is 43.9. The van der Waals surface area contributed by atoms with Crippen LogP contribution in [0.5, 0.6) is 11.5 Å². The molecule has 2 aromatic heterocycles. The molecule has 0 saturated carbocycles. The molecular weight excluding hydrogens is 695 g/mol. The van der Waals surface area contributed by atoms with Crippen molar-refractivity contribution in [2.24, 2.45) is 5.92 Å². The van der Waals surface area contributed by atoms with Crippen molar-refractivity contribution in [3.63, 3.8) is 0 Å². The number of carbonyl (C=O) groups is 1. The molecule has 3 heterocycles. The number of methoxy groups -OCH3 is 2. The van der Waals surface area contributed by atoms with E-state index >= 15 is 0 Å². The zero-order chi connectivity index (χ0) is 35.4. The van der Waals surface area contributed by atoms with Crippen molar-refractivity contribution in [2.45, 2.75) is 44.3 Å². The standard InChI is InChI=1S/C35H36N5O8PS.H3N/c1-21(2)31(41)38-34-37-30-29(32(42)39-34)36-20-40(30)33-28(48-49(43)50)18-27(47-33)19-46-35(22-8-6-5-7-9-22,23-10-14-25(44-3)15-11-23)24-12-16-26(45-4)17-13-24;/h5-17,20-21,27-28,33H,18-19H2,1-4H3,(H2,37,38,39,41,42);1H3/p+1/t27-,28+,33+;/m0./s1. The highest BCUT2D eigenvalue weighted by atomic mass is 32.7. The molecule has 3 aromatic carbocycles. The zero-order valence-electron chi connectivity index (χ0n) is 28.8. The lowest BCUT2D eigenvalue weighted by Gasteiger charge is -2.37. The van der Waals surface area contributed by atoms with E-state index in [0.717, 1.165) is 16.7 Å². The van der Waals surface area contributed by atoms with E-state index < -0.39 is 36.8 Å². The van der Waals surface area contributed by atoms with Crippen LogP contribution in [0, 0.1) is 5.92 Å². The second-order valence-corrected chi connectivity index (χ2v) is 13.5. The predicted molar refractivity (Wildman–Crippen MR) is 194 cm³/mol. The fourth-order valence-electron chi connectivity index (χ4n) is 6.00. The molecule has 1 aliphatic heterocycles. The van der Waals surface area contributed by atoms with Crippen LogP contribution in [0.15, 0.2) is 90.0 Å². The van der Waals surface area contributed by atoms with E-state index in [0.29, 0.717) is 11.5 Å². The van der Waals surface area contributed by atoms with Gasteiger partial charge < -0.3 is 37.3 Å². The maximum Gasteiger partial charge on any atom is 0.372 e. The molecule has 6 N–H and O–H groups in total. The summed E-state index contributed by atoms with van der Waals surface area (Å²) in [4.78, 5) is 36.5.